The molecule has 5 heteroatoms. The molecule has 1 N–H and O–H groups in total. The van der Waals surface area contributed by atoms with Gasteiger partial charge in [-0.3, -0.25) is 0 Å². The number of anilines is 1. The van der Waals surface area contributed by atoms with Crippen molar-refractivity contribution in [3.05, 3.63) is 17.5 Å². The van der Waals surface area contributed by atoms with Crippen LogP contribution in [0.3, 0.4) is 0 Å². The van der Waals surface area contributed by atoms with Crippen LogP contribution < -0.4 is 10.2 Å². The Balaban J connectivity index is 1.70. The topological polar surface area (TPSA) is 50.3 Å². The van der Waals surface area contributed by atoms with Crippen molar-refractivity contribution in [2.24, 2.45) is 5.92 Å². The Labute approximate surface area is 101 Å². The Kier molecular flexibility index (Phi) is 2.94. The van der Waals surface area contributed by atoms with Crippen molar-refractivity contribution in [3.8, 4) is 0 Å². The van der Waals surface area contributed by atoms with Gasteiger partial charge in [0.2, 0.25) is 5.95 Å². The molecule has 1 atom stereocenters. The first-order valence-electron chi connectivity index (χ1n) is 6.17. The maximum absolute atomic E-state index is 5.35. The molecule has 3 rings (SSSR count). The number of nitrogens with zero attached hydrogens (tertiary/aromatic N) is 3. The van der Waals surface area contributed by atoms with Gasteiger partial charge in [-0.2, -0.15) is 0 Å². The van der Waals surface area contributed by atoms with Crippen molar-refractivity contribution in [2.45, 2.75) is 19.6 Å². The molecule has 0 amide bonds. The van der Waals surface area contributed by atoms with Gasteiger partial charge in [-0.25, -0.2) is 9.97 Å². The predicted molar refractivity (Wildman–Crippen MR) is 64.8 cm³/mol. The first-order valence-corrected chi connectivity index (χ1v) is 6.17. The zero-order chi connectivity index (χ0) is 11.7. The standard InChI is InChI=1S/C12H18N4O/c1-16(6-9-2-3-13-4-9)12-14-5-10-7-17-8-11(10)15-12/h5,9,13H,2-4,6-8H2,1H3. The van der Waals surface area contributed by atoms with E-state index in [-0.39, 0.29) is 0 Å². The second-order valence-corrected chi connectivity index (χ2v) is 4.87. The van der Waals surface area contributed by atoms with Crippen LogP contribution in [0.1, 0.15) is 17.7 Å². The third kappa shape index (κ3) is 2.25. The number of ether oxygens (including phenoxy) is 1. The fourth-order valence-electron chi connectivity index (χ4n) is 2.46. The number of nitrogens with one attached hydrogen (secondary N) is 1. The van der Waals surface area contributed by atoms with E-state index in [1.54, 1.807) is 0 Å². The highest BCUT2D eigenvalue weighted by molar-refractivity contribution is 5.33. The summed E-state index contributed by atoms with van der Waals surface area (Å²) in [6, 6.07) is 0. The predicted octanol–water partition coefficient (Wildman–Crippen LogP) is 0.552. The first kappa shape index (κ1) is 10.9. The molecule has 0 spiro atoms. The number of rotatable bonds is 3. The monoisotopic (exact) mass is 234 g/mol. The van der Waals surface area contributed by atoms with Crippen LogP contribution in [0.2, 0.25) is 0 Å². The summed E-state index contributed by atoms with van der Waals surface area (Å²) in [5, 5.41) is 3.38. The van der Waals surface area contributed by atoms with Crippen molar-refractivity contribution in [1.29, 1.82) is 0 Å². The summed E-state index contributed by atoms with van der Waals surface area (Å²) in [6.07, 6.45) is 3.15. The minimum atomic E-state index is 0.629. The van der Waals surface area contributed by atoms with Gasteiger partial charge in [0.25, 0.3) is 0 Å². The summed E-state index contributed by atoms with van der Waals surface area (Å²) >= 11 is 0. The number of fused-ring (bicyclic) bond motifs is 1. The summed E-state index contributed by atoms with van der Waals surface area (Å²) < 4.78 is 5.35. The molecule has 0 aliphatic carbocycles. The lowest BCUT2D eigenvalue weighted by Crippen LogP contribution is -2.28. The Morgan fingerprint density at radius 2 is 2.47 bits per heavy atom. The smallest absolute Gasteiger partial charge is 0.225 e. The average Bonchev–Trinajstić information content (AvgIpc) is 2.97. The molecule has 1 saturated heterocycles. The highest BCUT2D eigenvalue weighted by Gasteiger charge is 2.19. The summed E-state index contributed by atoms with van der Waals surface area (Å²) in [4.78, 5) is 11.1. The summed E-state index contributed by atoms with van der Waals surface area (Å²) in [6.45, 7) is 4.55. The molecule has 2 aliphatic rings. The van der Waals surface area contributed by atoms with Gasteiger partial charge in [0.15, 0.2) is 0 Å². The van der Waals surface area contributed by atoms with Crippen LogP contribution in [-0.2, 0) is 18.0 Å². The summed E-state index contributed by atoms with van der Waals surface area (Å²) in [7, 11) is 2.07. The fourth-order valence-corrected chi connectivity index (χ4v) is 2.46. The zero-order valence-corrected chi connectivity index (χ0v) is 10.1. The van der Waals surface area contributed by atoms with Crippen LogP contribution in [0.15, 0.2) is 6.20 Å². The maximum atomic E-state index is 5.35. The molecular weight excluding hydrogens is 216 g/mol. The van der Waals surface area contributed by atoms with Crippen molar-refractivity contribution in [2.75, 3.05) is 31.6 Å². The fraction of sp³-hybridized carbons (Fsp3) is 0.667. The maximum Gasteiger partial charge on any atom is 0.225 e. The first-order chi connectivity index (χ1) is 8.33. The molecule has 5 nitrogen and oxygen atoms in total. The second-order valence-electron chi connectivity index (χ2n) is 4.87. The highest BCUT2D eigenvalue weighted by Crippen LogP contribution is 2.19. The third-order valence-electron chi connectivity index (χ3n) is 3.47. The van der Waals surface area contributed by atoms with E-state index in [1.807, 2.05) is 6.20 Å². The number of aromatic nitrogens is 2. The molecule has 3 heterocycles. The Morgan fingerprint density at radius 1 is 1.53 bits per heavy atom. The van der Waals surface area contributed by atoms with E-state index in [0.717, 1.165) is 36.8 Å². The van der Waals surface area contributed by atoms with E-state index in [1.165, 1.54) is 6.42 Å². The zero-order valence-electron chi connectivity index (χ0n) is 10.1. The summed E-state index contributed by atoms with van der Waals surface area (Å²) in [5.41, 5.74) is 2.18. The van der Waals surface area contributed by atoms with E-state index in [9.17, 15) is 0 Å². The van der Waals surface area contributed by atoms with Gasteiger partial charge >= 0.3 is 0 Å². The van der Waals surface area contributed by atoms with E-state index in [2.05, 4.69) is 27.2 Å². The molecule has 92 valence electrons. The van der Waals surface area contributed by atoms with Crippen molar-refractivity contribution in [1.82, 2.24) is 15.3 Å². The Morgan fingerprint density at radius 3 is 3.29 bits per heavy atom. The molecule has 0 aromatic carbocycles. The van der Waals surface area contributed by atoms with Crippen LogP contribution >= 0.6 is 0 Å². The third-order valence-corrected chi connectivity index (χ3v) is 3.47. The summed E-state index contributed by atoms with van der Waals surface area (Å²) in [5.74, 6) is 1.54. The Bertz CT molecular complexity index is 403. The number of hydrogen-bond donors (Lipinski definition) is 1. The van der Waals surface area contributed by atoms with Gasteiger partial charge in [0, 0.05) is 25.4 Å². The quantitative estimate of drug-likeness (QED) is 0.828. The molecule has 1 fully saturated rings. The lowest BCUT2D eigenvalue weighted by atomic mass is 10.1. The van der Waals surface area contributed by atoms with E-state index >= 15 is 0 Å². The van der Waals surface area contributed by atoms with Crippen LogP contribution in [0.25, 0.3) is 0 Å². The molecule has 2 aliphatic heterocycles. The minimum Gasteiger partial charge on any atom is -0.370 e. The molecule has 1 aromatic rings. The van der Waals surface area contributed by atoms with E-state index in [4.69, 9.17) is 4.74 Å². The van der Waals surface area contributed by atoms with Gasteiger partial charge in [-0.05, 0) is 25.4 Å². The van der Waals surface area contributed by atoms with E-state index in [0.29, 0.717) is 19.1 Å². The van der Waals surface area contributed by atoms with Crippen molar-refractivity contribution < 1.29 is 4.74 Å². The normalized spacial score (nSPS) is 22.8. The highest BCUT2D eigenvalue weighted by atomic mass is 16.5. The molecule has 0 radical (unpaired) electrons. The van der Waals surface area contributed by atoms with E-state index < -0.39 is 0 Å². The molecule has 17 heavy (non-hydrogen) atoms. The van der Waals surface area contributed by atoms with Crippen LogP contribution in [0.5, 0.6) is 0 Å². The molecule has 0 saturated carbocycles. The van der Waals surface area contributed by atoms with Crippen molar-refractivity contribution >= 4 is 5.95 Å². The van der Waals surface area contributed by atoms with Gasteiger partial charge in [-0.15, -0.1) is 0 Å². The lowest BCUT2D eigenvalue weighted by Gasteiger charge is -2.20. The number of hydrogen-bond acceptors (Lipinski definition) is 5. The van der Waals surface area contributed by atoms with Crippen LogP contribution in [0.4, 0.5) is 5.95 Å². The van der Waals surface area contributed by atoms with Gasteiger partial charge in [-0.1, -0.05) is 0 Å². The average molecular weight is 234 g/mol. The minimum absolute atomic E-state index is 0.629. The van der Waals surface area contributed by atoms with Gasteiger partial charge in [0.05, 0.1) is 18.9 Å². The largest absolute Gasteiger partial charge is 0.370 e. The molecular formula is C12H18N4O. The molecule has 1 aromatic heterocycles. The second kappa shape index (κ2) is 4.58. The molecule has 0 bridgehead atoms. The Hall–Kier alpha value is -1.20. The molecule has 1 unspecified atom stereocenters. The van der Waals surface area contributed by atoms with Crippen LogP contribution in [-0.4, -0.2) is 36.6 Å². The van der Waals surface area contributed by atoms with Gasteiger partial charge < -0.3 is 15.0 Å². The van der Waals surface area contributed by atoms with Crippen LogP contribution in [0, 0.1) is 5.92 Å². The van der Waals surface area contributed by atoms with Gasteiger partial charge in [0.1, 0.15) is 0 Å². The van der Waals surface area contributed by atoms with Crippen molar-refractivity contribution in [3.63, 3.8) is 0 Å². The SMILES string of the molecule is CN(CC1CCNC1)c1ncc2c(n1)COC2. The lowest BCUT2D eigenvalue weighted by molar-refractivity contribution is 0.133.